The van der Waals surface area contributed by atoms with Gasteiger partial charge in [-0.1, -0.05) is 23.7 Å². The first-order valence-corrected chi connectivity index (χ1v) is 6.89. The fourth-order valence-corrected chi connectivity index (χ4v) is 2.22. The maximum absolute atomic E-state index is 12.0. The molecule has 1 atom stereocenters. The Morgan fingerprint density at radius 2 is 2.00 bits per heavy atom. The standard InChI is InChI=1S/C15H18ClN3O/c1-10-8-11(2)19(18-10)9-15(20)17-12(3)13-4-6-14(16)7-5-13/h4-8,12H,9H2,1-3H3,(H,17,20)/t12-/m1/s1. The van der Waals surface area contributed by atoms with E-state index in [1.807, 2.05) is 51.1 Å². The average molecular weight is 292 g/mol. The number of halogens is 1. The van der Waals surface area contributed by atoms with Gasteiger partial charge in [-0.05, 0) is 44.5 Å². The number of rotatable bonds is 4. The molecule has 1 aromatic heterocycles. The van der Waals surface area contributed by atoms with Gasteiger partial charge >= 0.3 is 0 Å². The van der Waals surface area contributed by atoms with E-state index in [0.29, 0.717) is 5.02 Å². The largest absolute Gasteiger partial charge is 0.348 e. The van der Waals surface area contributed by atoms with Crippen molar-refractivity contribution in [3.63, 3.8) is 0 Å². The van der Waals surface area contributed by atoms with Crippen molar-refractivity contribution >= 4 is 17.5 Å². The third-order valence-electron chi connectivity index (χ3n) is 3.14. The molecule has 0 radical (unpaired) electrons. The van der Waals surface area contributed by atoms with Crippen LogP contribution in [0.15, 0.2) is 30.3 Å². The molecule has 0 unspecified atom stereocenters. The van der Waals surface area contributed by atoms with Gasteiger partial charge in [0.2, 0.25) is 5.91 Å². The van der Waals surface area contributed by atoms with Crippen LogP contribution in [0.25, 0.3) is 0 Å². The summed E-state index contributed by atoms with van der Waals surface area (Å²) in [4.78, 5) is 12.0. The molecule has 1 N–H and O–H groups in total. The molecule has 2 rings (SSSR count). The monoisotopic (exact) mass is 291 g/mol. The normalized spacial score (nSPS) is 12.2. The van der Waals surface area contributed by atoms with Crippen molar-refractivity contribution in [2.24, 2.45) is 0 Å². The van der Waals surface area contributed by atoms with E-state index in [9.17, 15) is 4.79 Å². The molecule has 1 amide bonds. The topological polar surface area (TPSA) is 46.9 Å². The van der Waals surface area contributed by atoms with Gasteiger partial charge in [0.05, 0.1) is 11.7 Å². The number of carbonyl (C=O) groups is 1. The number of nitrogens with one attached hydrogen (secondary N) is 1. The highest BCUT2D eigenvalue weighted by molar-refractivity contribution is 6.30. The second-order valence-corrected chi connectivity index (χ2v) is 5.36. The Balaban J connectivity index is 1.97. The van der Waals surface area contributed by atoms with Crippen LogP contribution in [0.2, 0.25) is 5.02 Å². The highest BCUT2D eigenvalue weighted by atomic mass is 35.5. The number of aryl methyl sites for hydroxylation is 2. The lowest BCUT2D eigenvalue weighted by Gasteiger charge is -2.15. The molecule has 0 aliphatic carbocycles. The van der Waals surface area contributed by atoms with Crippen molar-refractivity contribution < 1.29 is 4.79 Å². The SMILES string of the molecule is Cc1cc(C)n(CC(=O)N[C@H](C)c2ccc(Cl)cc2)n1. The lowest BCUT2D eigenvalue weighted by Crippen LogP contribution is -2.30. The van der Waals surface area contributed by atoms with Crippen LogP contribution in [0.5, 0.6) is 0 Å². The Bertz CT molecular complexity index is 604. The predicted molar refractivity (Wildman–Crippen MR) is 79.7 cm³/mol. The maximum Gasteiger partial charge on any atom is 0.242 e. The van der Waals surface area contributed by atoms with Gasteiger partial charge in [0.1, 0.15) is 6.54 Å². The molecule has 0 spiro atoms. The Morgan fingerprint density at radius 3 is 2.55 bits per heavy atom. The zero-order valence-electron chi connectivity index (χ0n) is 11.9. The molecule has 20 heavy (non-hydrogen) atoms. The highest BCUT2D eigenvalue weighted by Crippen LogP contribution is 2.16. The van der Waals surface area contributed by atoms with Crippen LogP contribution in [0, 0.1) is 13.8 Å². The van der Waals surface area contributed by atoms with E-state index in [1.165, 1.54) is 0 Å². The number of carbonyl (C=O) groups excluding carboxylic acids is 1. The fourth-order valence-electron chi connectivity index (χ4n) is 2.09. The first-order valence-electron chi connectivity index (χ1n) is 6.51. The van der Waals surface area contributed by atoms with Crippen molar-refractivity contribution in [1.82, 2.24) is 15.1 Å². The Labute approximate surface area is 123 Å². The third-order valence-corrected chi connectivity index (χ3v) is 3.40. The number of amides is 1. The first kappa shape index (κ1) is 14.6. The van der Waals surface area contributed by atoms with Gasteiger partial charge in [0, 0.05) is 10.7 Å². The second-order valence-electron chi connectivity index (χ2n) is 4.93. The Hall–Kier alpha value is -1.81. The van der Waals surface area contributed by atoms with Gasteiger partial charge in [-0.2, -0.15) is 5.10 Å². The molecule has 0 aliphatic rings. The molecule has 0 fully saturated rings. The summed E-state index contributed by atoms with van der Waals surface area (Å²) in [6, 6.07) is 9.36. The van der Waals surface area contributed by atoms with Crippen LogP contribution in [-0.4, -0.2) is 15.7 Å². The molecule has 0 saturated carbocycles. The van der Waals surface area contributed by atoms with E-state index in [2.05, 4.69) is 10.4 Å². The van der Waals surface area contributed by atoms with Crippen LogP contribution in [0.1, 0.15) is 29.9 Å². The summed E-state index contributed by atoms with van der Waals surface area (Å²) >= 11 is 5.85. The summed E-state index contributed by atoms with van der Waals surface area (Å²) in [7, 11) is 0. The van der Waals surface area contributed by atoms with E-state index >= 15 is 0 Å². The van der Waals surface area contributed by atoms with Crippen LogP contribution in [0.4, 0.5) is 0 Å². The van der Waals surface area contributed by atoms with Crippen molar-refractivity contribution in [3.05, 3.63) is 52.3 Å². The number of hydrogen-bond acceptors (Lipinski definition) is 2. The quantitative estimate of drug-likeness (QED) is 0.941. The van der Waals surface area contributed by atoms with E-state index in [-0.39, 0.29) is 18.5 Å². The minimum absolute atomic E-state index is 0.0568. The second kappa shape index (κ2) is 6.09. The number of nitrogens with zero attached hydrogens (tertiary/aromatic N) is 2. The molecule has 4 nitrogen and oxygen atoms in total. The first-order chi connectivity index (χ1) is 9.45. The summed E-state index contributed by atoms with van der Waals surface area (Å²) in [5.74, 6) is -0.0568. The minimum atomic E-state index is -0.0586. The van der Waals surface area contributed by atoms with Crippen molar-refractivity contribution in [2.45, 2.75) is 33.4 Å². The van der Waals surface area contributed by atoms with Crippen LogP contribution < -0.4 is 5.32 Å². The van der Waals surface area contributed by atoms with Gasteiger partial charge in [0.15, 0.2) is 0 Å². The van der Waals surface area contributed by atoms with E-state index in [1.54, 1.807) is 4.68 Å². The molecule has 5 heteroatoms. The highest BCUT2D eigenvalue weighted by Gasteiger charge is 2.11. The zero-order chi connectivity index (χ0) is 14.7. The van der Waals surface area contributed by atoms with E-state index < -0.39 is 0 Å². The summed E-state index contributed by atoms with van der Waals surface area (Å²) in [5.41, 5.74) is 2.92. The molecule has 2 aromatic rings. The predicted octanol–water partition coefficient (Wildman–Crippen LogP) is 3.03. The van der Waals surface area contributed by atoms with Crippen molar-refractivity contribution in [1.29, 1.82) is 0 Å². The molecule has 0 saturated heterocycles. The van der Waals surface area contributed by atoms with Gasteiger partial charge < -0.3 is 5.32 Å². The van der Waals surface area contributed by atoms with Gasteiger partial charge in [-0.3, -0.25) is 9.48 Å². The van der Waals surface area contributed by atoms with Crippen molar-refractivity contribution in [3.8, 4) is 0 Å². The van der Waals surface area contributed by atoms with Crippen molar-refractivity contribution in [2.75, 3.05) is 0 Å². The molecular weight excluding hydrogens is 274 g/mol. The zero-order valence-corrected chi connectivity index (χ0v) is 12.6. The number of aromatic nitrogens is 2. The van der Waals surface area contributed by atoms with E-state index in [0.717, 1.165) is 17.0 Å². The Morgan fingerprint density at radius 1 is 1.35 bits per heavy atom. The summed E-state index contributed by atoms with van der Waals surface area (Å²) < 4.78 is 1.71. The summed E-state index contributed by atoms with van der Waals surface area (Å²) in [5, 5.41) is 7.93. The molecule has 0 bridgehead atoms. The summed E-state index contributed by atoms with van der Waals surface area (Å²) in [6.45, 7) is 6.04. The number of benzene rings is 1. The van der Waals surface area contributed by atoms with Crippen LogP contribution in [-0.2, 0) is 11.3 Å². The van der Waals surface area contributed by atoms with Crippen LogP contribution >= 0.6 is 11.6 Å². The fraction of sp³-hybridized carbons (Fsp3) is 0.333. The van der Waals surface area contributed by atoms with Gasteiger partial charge in [-0.25, -0.2) is 0 Å². The molecular formula is C15H18ClN3O. The molecule has 1 heterocycles. The van der Waals surface area contributed by atoms with Gasteiger partial charge in [0.25, 0.3) is 0 Å². The summed E-state index contributed by atoms with van der Waals surface area (Å²) in [6.07, 6.45) is 0. The Kier molecular flexibility index (Phi) is 4.45. The van der Waals surface area contributed by atoms with E-state index in [4.69, 9.17) is 11.6 Å². The lowest BCUT2D eigenvalue weighted by atomic mass is 10.1. The lowest BCUT2D eigenvalue weighted by molar-refractivity contribution is -0.122. The maximum atomic E-state index is 12.0. The number of hydrogen-bond donors (Lipinski definition) is 1. The minimum Gasteiger partial charge on any atom is -0.348 e. The molecule has 106 valence electrons. The van der Waals surface area contributed by atoms with Crippen LogP contribution in [0.3, 0.4) is 0 Å². The van der Waals surface area contributed by atoms with Gasteiger partial charge in [-0.15, -0.1) is 0 Å². The smallest absolute Gasteiger partial charge is 0.242 e. The molecule has 0 aliphatic heterocycles. The molecule has 1 aromatic carbocycles. The average Bonchev–Trinajstić information content (AvgIpc) is 2.68. The third kappa shape index (κ3) is 3.61.